The number of methoxy groups -OCH3 is 1. The molecule has 0 atom stereocenters. The van der Waals surface area contributed by atoms with Crippen molar-refractivity contribution in [1.29, 1.82) is 0 Å². The highest BCUT2D eigenvalue weighted by Gasteiger charge is 2.33. The van der Waals surface area contributed by atoms with Crippen LogP contribution in [0.15, 0.2) is 79.1 Å². The number of nitrogens with one attached hydrogen (secondary N) is 1. The van der Waals surface area contributed by atoms with Gasteiger partial charge in [-0.2, -0.15) is 8.42 Å². The molecule has 3 rings (SSSR count). The van der Waals surface area contributed by atoms with E-state index in [0.717, 1.165) is 13.2 Å². The summed E-state index contributed by atoms with van der Waals surface area (Å²) in [5.74, 6) is -2.28. The molecule has 0 radical (unpaired) electrons. The Kier molecular flexibility index (Phi) is 10.9. The summed E-state index contributed by atoms with van der Waals surface area (Å²) < 4.78 is 65.0. The second-order valence-electron chi connectivity index (χ2n) is 8.13. The van der Waals surface area contributed by atoms with E-state index in [2.05, 4.69) is 4.74 Å². The van der Waals surface area contributed by atoms with Crippen LogP contribution in [0.4, 0.5) is 14.9 Å². The van der Waals surface area contributed by atoms with Crippen molar-refractivity contribution in [3.05, 3.63) is 102 Å². The van der Waals surface area contributed by atoms with Gasteiger partial charge < -0.3 is 18.9 Å². The number of anilines is 1. The molecule has 1 N–H and O–H groups in total. The number of esters is 1. The third-order valence-corrected chi connectivity index (χ3v) is 6.59. The van der Waals surface area contributed by atoms with Crippen LogP contribution in [0.5, 0.6) is 5.75 Å². The molecule has 0 saturated heterocycles. The predicted octanol–water partition coefficient (Wildman–Crippen LogP) is 4.56. The number of hydrogen-bond donors (Lipinski definition) is 1. The highest BCUT2D eigenvalue weighted by Crippen LogP contribution is 2.35. The van der Waals surface area contributed by atoms with Crippen LogP contribution in [0.25, 0.3) is 6.08 Å². The minimum Gasteiger partial charge on any atom is -0.501 e. The third-order valence-electron chi connectivity index (χ3n) is 5.28. The molecule has 40 heavy (non-hydrogen) atoms. The zero-order chi connectivity index (χ0) is 29.0. The summed E-state index contributed by atoms with van der Waals surface area (Å²) >= 11 is 0. The molecule has 212 valence electrons. The van der Waals surface area contributed by atoms with Gasteiger partial charge in [-0.1, -0.05) is 60.7 Å². The second kappa shape index (κ2) is 14.5. The van der Waals surface area contributed by atoms with E-state index in [-0.39, 0.29) is 19.0 Å². The van der Waals surface area contributed by atoms with E-state index >= 15 is 4.39 Å². The monoisotopic (exact) mass is 572 g/mol. The van der Waals surface area contributed by atoms with Crippen molar-refractivity contribution in [3.63, 3.8) is 0 Å². The standard InChI is InChI=1S/C28H29FN2O8S/c1-3-37-15-14-23-16-24(29)27(25(17-23)38-19-21-10-6-4-7-11-21)31(18-26(32)36-2)40(34,35)30-28(33)39-20-22-12-8-5-9-13-22/h4-17H,3,18-20H2,1-2H3,(H,30,33)/b15-14+. The van der Waals surface area contributed by atoms with Crippen LogP contribution < -0.4 is 13.8 Å². The average Bonchev–Trinajstić information content (AvgIpc) is 2.95. The first-order chi connectivity index (χ1) is 19.2. The molecule has 0 fully saturated rings. The molecule has 12 heteroatoms. The van der Waals surface area contributed by atoms with Crippen LogP contribution in [0.2, 0.25) is 0 Å². The van der Waals surface area contributed by atoms with Crippen LogP contribution in [0, 0.1) is 5.82 Å². The maximum atomic E-state index is 15.6. The van der Waals surface area contributed by atoms with Crippen LogP contribution >= 0.6 is 0 Å². The van der Waals surface area contributed by atoms with E-state index in [9.17, 15) is 18.0 Å². The van der Waals surface area contributed by atoms with Crippen LogP contribution in [0.1, 0.15) is 23.6 Å². The fourth-order valence-electron chi connectivity index (χ4n) is 3.38. The fourth-order valence-corrected chi connectivity index (χ4v) is 4.45. The Labute approximate surface area is 232 Å². The summed E-state index contributed by atoms with van der Waals surface area (Å²) in [6.07, 6.45) is 1.48. The lowest BCUT2D eigenvalue weighted by molar-refractivity contribution is -0.138. The minimum absolute atomic E-state index is 0.0510. The molecule has 0 aliphatic carbocycles. The smallest absolute Gasteiger partial charge is 0.422 e. The normalized spacial score (nSPS) is 11.1. The molecular weight excluding hydrogens is 543 g/mol. The highest BCUT2D eigenvalue weighted by molar-refractivity contribution is 7.91. The lowest BCUT2D eigenvalue weighted by Gasteiger charge is -2.26. The number of amides is 1. The van der Waals surface area contributed by atoms with E-state index in [1.54, 1.807) is 72.3 Å². The highest BCUT2D eigenvalue weighted by atomic mass is 32.2. The number of carbonyl (C=O) groups is 2. The Morgan fingerprint density at radius 1 is 0.975 bits per heavy atom. The molecule has 0 aliphatic heterocycles. The quantitative estimate of drug-likeness (QED) is 0.234. The van der Waals surface area contributed by atoms with Crippen LogP contribution in [-0.2, 0) is 42.4 Å². The van der Waals surface area contributed by atoms with Gasteiger partial charge >= 0.3 is 22.3 Å². The molecule has 0 aliphatic rings. The van der Waals surface area contributed by atoms with E-state index in [1.807, 2.05) is 0 Å². The molecule has 0 heterocycles. The molecule has 0 unspecified atom stereocenters. The average molecular weight is 573 g/mol. The molecule has 0 spiro atoms. The predicted molar refractivity (Wildman–Crippen MR) is 146 cm³/mol. The largest absolute Gasteiger partial charge is 0.501 e. The van der Waals surface area contributed by atoms with Gasteiger partial charge in [0.2, 0.25) is 0 Å². The van der Waals surface area contributed by atoms with Crippen molar-refractivity contribution in [2.45, 2.75) is 20.1 Å². The van der Waals surface area contributed by atoms with Crippen molar-refractivity contribution in [3.8, 4) is 5.75 Å². The first kappa shape index (κ1) is 30.0. The van der Waals surface area contributed by atoms with Gasteiger partial charge in [0, 0.05) is 0 Å². The van der Waals surface area contributed by atoms with Crippen molar-refractivity contribution >= 4 is 34.0 Å². The number of halogens is 1. The van der Waals surface area contributed by atoms with Gasteiger partial charge in [-0.05, 0) is 41.8 Å². The Morgan fingerprint density at radius 3 is 2.20 bits per heavy atom. The van der Waals surface area contributed by atoms with Crippen molar-refractivity contribution < 1.29 is 41.3 Å². The van der Waals surface area contributed by atoms with E-state index in [1.165, 1.54) is 18.4 Å². The number of hydrogen-bond acceptors (Lipinski definition) is 8. The Morgan fingerprint density at radius 2 is 1.60 bits per heavy atom. The van der Waals surface area contributed by atoms with Gasteiger partial charge in [-0.15, -0.1) is 0 Å². The summed E-state index contributed by atoms with van der Waals surface area (Å²) in [6, 6.07) is 19.9. The maximum absolute atomic E-state index is 15.6. The van der Waals surface area contributed by atoms with Gasteiger partial charge in [0.25, 0.3) is 0 Å². The van der Waals surface area contributed by atoms with Crippen LogP contribution in [0.3, 0.4) is 0 Å². The third kappa shape index (κ3) is 8.73. The molecule has 10 nitrogen and oxygen atoms in total. The molecule has 0 saturated carbocycles. The van der Waals surface area contributed by atoms with E-state index in [0.29, 0.717) is 27.6 Å². The van der Waals surface area contributed by atoms with Crippen molar-refractivity contribution in [2.75, 3.05) is 24.6 Å². The summed E-state index contributed by atoms with van der Waals surface area (Å²) in [5, 5.41) is 0. The number of carbonyl (C=O) groups excluding carboxylic acids is 2. The van der Waals surface area contributed by atoms with Crippen molar-refractivity contribution in [1.82, 2.24) is 4.72 Å². The number of nitrogens with zero attached hydrogens (tertiary/aromatic N) is 1. The van der Waals surface area contributed by atoms with Gasteiger partial charge in [0.1, 0.15) is 31.2 Å². The second-order valence-corrected chi connectivity index (χ2v) is 9.73. The summed E-state index contributed by atoms with van der Waals surface area (Å²) in [7, 11) is -3.86. The zero-order valence-corrected chi connectivity index (χ0v) is 22.7. The molecule has 1 amide bonds. The van der Waals surface area contributed by atoms with Crippen molar-refractivity contribution in [2.24, 2.45) is 0 Å². The Hall–Kier alpha value is -4.58. The van der Waals surface area contributed by atoms with E-state index in [4.69, 9.17) is 14.2 Å². The first-order valence-electron chi connectivity index (χ1n) is 12.1. The molecule has 0 bridgehead atoms. The van der Waals surface area contributed by atoms with Gasteiger partial charge in [-0.25, -0.2) is 18.2 Å². The Balaban J connectivity index is 1.97. The molecule has 0 aromatic heterocycles. The summed E-state index contributed by atoms with van der Waals surface area (Å²) in [4.78, 5) is 24.6. The molecule has 3 aromatic rings. The summed E-state index contributed by atoms with van der Waals surface area (Å²) in [5.41, 5.74) is 1.01. The SMILES string of the molecule is CCO/C=C/c1cc(F)c(N(CC(=O)OC)S(=O)(=O)NC(=O)OCc2ccccc2)c(OCc2ccccc2)c1. The van der Waals surface area contributed by atoms with Crippen LogP contribution in [-0.4, -0.2) is 40.7 Å². The summed E-state index contributed by atoms with van der Waals surface area (Å²) in [6.45, 7) is 0.913. The molecular formula is C28H29FN2O8S. The van der Waals surface area contributed by atoms with E-state index < -0.39 is 40.3 Å². The van der Waals surface area contributed by atoms with Gasteiger partial charge in [0.05, 0.1) is 20.0 Å². The zero-order valence-electron chi connectivity index (χ0n) is 21.9. The lowest BCUT2D eigenvalue weighted by atomic mass is 10.1. The fraction of sp³-hybridized carbons (Fsp3) is 0.214. The van der Waals surface area contributed by atoms with Gasteiger partial charge in [-0.3, -0.25) is 4.79 Å². The topological polar surface area (TPSA) is 120 Å². The Bertz CT molecular complexity index is 1420. The van der Waals surface area contributed by atoms with Gasteiger partial charge in [0.15, 0.2) is 5.82 Å². The lowest BCUT2D eigenvalue weighted by Crippen LogP contribution is -2.46. The number of ether oxygens (including phenoxy) is 4. The minimum atomic E-state index is -4.90. The first-order valence-corrected chi connectivity index (χ1v) is 13.5. The molecule has 3 aromatic carbocycles. The maximum Gasteiger partial charge on any atom is 0.422 e. The number of benzene rings is 3. The number of rotatable bonds is 13.